The van der Waals surface area contributed by atoms with Gasteiger partial charge in [0.25, 0.3) is 5.91 Å². The van der Waals surface area contributed by atoms with Crippen molar-refractivity contribution in [2.45, 2.75) is 12.6 Å². The Morgan fingerprint density at radius 2 is 1.87 bits per heavy atom. The molecule has 2 aromatic carbocycles. The van der Waals surface area contributed by atoms with E-state index in [0.29, 0.717) is 34.5 Å². The minimum absolute atomic E-state index is 0.159. The molecule has 0 unspecified atom stereocenters. The molecule has 0 aliphatic carbocycles. The molecule has 6 nitrogen and oxygen atoms in total. The number of hydrogen-bond donors (Lipinski definition) is 2. The third kappa shape index (κ3) is 5.23. The average molecular weight is 432 g/mol. The van der Waals surface area contributed by atoms with Crippen LogP contribution in [0.5, 0.6) is 0 Å². The standard InChI is InChI=1S/C22H23F3N4O2/c23-22(24,25)17-6-7-18-19(14-17)28-20(27-18)15-2-4-16(5-3-15)21(30)26-8-1-9-29-10-12-31-13-11-29/h2-7,14H,1,8-13H2,(H,26,30)(H,27,28). The molecule has 1 aliphatic heterocycles. The predicted octanol–water partition coefficient (Wildman–Crippen LogP) is 3.70. The van der Waals surface area contributed by atoms with Gasteiger partial charge in [-0.3, -0.25) is 9.69 Å². The maximum atomic E-state index is 12.9. The van der Waals surface area contributed by atoms with E-state index >= 15 is 0 Å². The van der Waals surface area contributed by atoms with Crippen LogP contribution in [-0.4, -0.2) is 60.2 Å². The number of benzene rings is 2. The van der Waals surface area contributed by atoms with Crippen molar-refractivity contribution in [1.29, 1.82) is 0 Å². The molecule has 0 radical (unpaired) electrons. The van der Waals surface area contributed by atoms with E-state index in [-0.39, 0.29) is 5.91 Å². The summed E-state index contributed by atoms with van der Waals surface area (Å²) >= 11 is 0. The van der Waals surface area contributed by atoms with Crippen molar-refractivity contribution in [2.24, 2.45) is 0 Å². The highest BCUT2D eigenvalue weighted by Crippen LogP contribution is 2.31. The number of morpholine rings is 1. The van der Waals surface area contributed by atoms with E-state index in [2.05, 4.69) is 20.2 Å². The van der Waals surface area contributed by atoms with E-state index in [1.54, 1.807) is 24.3 Å². The number of halogens is 3. The normalized spacial score (nSPS) is 15.3. The molecule has 4 rings (SSSR count). The number of amides is 1. The number of H-pyrrole nitrogens is 1. The molecule has 2 N–H and O–H groups in total. The van der Waals surface area contributed by atoms with Gasteiger partial charge in [-0.2, -0.15) is 13.2 Å². The molecule has 1 aromatic heterocycles. The Labute approximate surface area is 177 Å². The highest BCUT2D eigenvalue weighted by Gasteiger charge is 2.30. The summed E-state index contributed by atoms with van der Waals surface area (Å²) in [6, 6.07) is 10.2. The Hall–Kier alpha value is -2.91. The van der Waals surface area contributed by atoms with Crippen molar-refractivity contribution < 1.29 is 22.7 Å². The third-order valence-corrected chi connectivity index (χ3v) is 5.27. The minimum Gasteiger partial charge on any atom is -0.379 e. The molecule has 1 fully saturated rings. The number of nitrogens with zero attached hydrogens (tertiary/aromatic N) is 2. The molecule has 0 saturated carbocycles. The van der Waals surface area contributed by atoms with Gasteiger partial charge < -0.3 is 15.0 Å². The summed E-state index contributed by atoms with van der Waals surface area (Å²) in [4.78, 5) is 21.9. The number of ether oxygens (including phenoxy) is 1. The molecule has 1 amide bonds. The maximum Gasteiger partial charge on any atom is 0.416 e. The van der Waals surface area contributed by atoms with Crippen LogP contribution in [0.15, 0.2) is 42.5 Å². The number of nitrogens with one attached hydrogen (secondary N) is 2. The van der Waals surface area contributed by atoms with Crippen molar-refractivity contribution >= 4 is 16.9 Å². The smallest absolute Gasteiger partial charge is 0.379 e. The summed E-state index contributed by atoms with van der Waals surface area (Å²) in [7, 11) is 0. The lowest BCUT2D eigenvalue weighted by molar-refractivity contribution is -0.137. The summed E-state index contributed by atoms with van der Waals surface area (Å²) < 4.78 is 44.0. The van der Waals surface area contributed by atoms with Crippen molar-refractivity contribution in [3.8, 4) is 11.4 Å². The third-order valence-electron chi connectivity index (χ3n) is 5.27. The summed E-state index contributed by atoms with van der Waals surface area (Å²) in [6.45, 7) is 4.87. The van der Waals surface area contributed by atoms with Gasteiger partial charge in [-0.15, -0.1) is 0 Å². The van der Waals surface area contributed by atoms with Gasteiger partial charge in [-0.1, -0.05) is 12.1 Å². The molecule has 1 aliphatic rings. The van der Waals surface area contributed by atoms with Gasteiger partial charge in [0, 0.05) is 30.8 Å². The number of aromatic amines is 1. The van der Waals surface area contributed by atoms with Gasteiger partial charge in [0.15, 0.2) is 0 Å². The van der Waals surface area contributed by atoms with E-state index < -0.39 is 11.7 Å². The molecule has 0 atom stereocenters. The second kappa shape index (κ2) is 9.07. The molecule has 3 aromatic rings. The van der Waals surface area contributed by atoms with Gasteiger partial charge in [-0.05, 0) is 43.3 Å². The van der Waals surface area contributed by atoms with Crippen LogP contribution in [0.25, 0.3) is 22.4 Å². The number of aromatic nitrogens is 2. The Kier molecular flexibility index (Phi) is 6.24. The number of rotatable bonds is 6. The monoisotopic (exact) mass is 432 g/mol. The number of carbonyl (C=O) groups excluding carboxylic acids is 1. The first-order valence-corrected chi connectivity index (χ1v) is 10.2. The Morgan fingerprint density at radius 3 is 2.58 bits per heavy atom. The average Bonchev–Trinajstić information content (AvgIpc) is 3.20. The molecule has 9 heteroatoms. The zero-order valence-corrected chi connectivity index (χ0v) is 16.8. The predicted molar refractivity (Wildman–Crippen MR) is 111 cm³/mol. The van der Waals surface area contributed by atoms with E-state index in [1.165, 1.54) is 6.07 Å². The van der Waals surface area contributed by atoms with Gasteiger partial charge in [0.1, 0.15) is 5.82 Å². The van der Waals surface area contributed by atoms with Crippen molar-refractivity contribution in [3.63, 3.8) is 0 Å². The largest absolute Gasteiger partial charge is 0.416 e. The van der Waals surface area contributed by atoms with E-state index in [0.717, 1.165) is 51.4 Å². The lowest BCUT2D eigenvalue weighted by Gasteiger charge is -2.26. The summed E-state index contributed by atoms with van der Waals surface area (Å²) in [5.74, 6) is 0.291. The molecule has 0 bridgehead atoms. The zero-order chi connectivity index (χ0) is 21.8. The number of hydrogen-bond acceptors (Lipinski definition) is 4. The van der Waals surface area contributed by atoms with Gasteiger partial charge in [0.2, 0.25) is 0 Å². The topological polar surface area (TPSA) is 70.2 Å². The Morgan fingerprint density at radius 1 is 1.13 bits per heavy atom. The number of alkyl halides is 3. The maximum absolute atomic E-state index is 12.9. The fourth-order valence-corrected chi connectivity index (χ4v) is 3.53. The van der Waals surface area contributed by atoms with Crippen LogP contribution in [0.4, 0.5) is 13.2 Å². The first kappa shape index (κ1) is 21.3. The summed E-state index contributed by atoms with van der Waals surface area (Å²) in [5.41, 5.74) is 1.24. The van der Waals surface area contributed by atoms with Crippen LogP contribution in [0, 0.1) is 0 Å². The van der Waals surface area contributed by atoms with Crippen LogP contribution >= 0.6 is 0 Å². The fourth-order valence-electron chi connectivity index (χ4n) is 3.53. The molecular formula is C22H23F3N4O2. The molecule has 0 spiro atoms. The van der Waals surface area contributed by atoms with Crippen LogP contribution in [-0.2, 0) is 10.9 Å². The quantitative estimate of drug-likeness (QED) is 0.583. The Bertz CT molecular complexity index is 1040. The number of carbonyl (C=O) groups is 1. The van der Waals surface area contributed by atoms with Gasteiger partial charge in [0.05, 0.1) is 29.8 Å². The van der Waals surface area contributed by atoms with Crippen molar-refractivity contribution in [2.75, 3.05) is 39.4 Å². The second-order valence-electron chi connectivity index (χ2n) is 7.46. The zero-order valence-electron chi connectivity index (χ0n) is 16.8. The van der Waals surface area contributed by atoms with Crippen LogP contribution in [0.3, 0.4) is 0 Å². The number of fused-ring (bicyclic) bond motifs is 1. The highest BCUT2D eigenvalue weighted by molar-refractivity contribution is 5.94. The SMILES string of the molecule is O=C(NCCCN1CCOCC1)c1ccc(-c2nc3ccc(C(F)(F)F)cc3[nH]2)cc1. The lowest BCUT2D eigenvalue weighted by Crippen LogP contribution is -2.38. The van der Waals surface area contributed by atoms with E-state index in [4.69, 9.17) is 4.74 Å². The Balaban J connectivity index is 1.35. The first-order chi connectivity index (χ1) is 14.9. The van der Waals surface area contributed by atoms with E-state index in [1.807, 2.05) is 0 Å². The van der Waals surface area contributed by atoms with Crippen LogP contribution in [0.2, 0.25) is 0 Å². The molecule has 164 valence electrons. The molecule has 1 saturated heterocycles. The molecule has 31 heavy (non-hydrogen) atoms. The van der Waals surface area contributed by atoms with E-state index in [9.17, 15) is 18.0 Å². The lowest BCUT2D eigenvalue weighted by atomic mass is 10.1. The van der Waals surface area contributed by atoms with Gasteiger partial charge in [-0.25, -0.2) is 4.98 Å². The summed E-state index contributed by atoms with van der Waals surface area (Å²) in [6.07, 6.45) is -3.54. The first-order valence-electron chi connectivity index (χ1n) is 10.2. The van der Waals surface area contributed by atoms with Crippen molar-refractivity contribution in [1.82, 2.24) is 20.2 Å². The van der Waals surface area contributed by atoms with Crippen LogP contribution < -0.4 is 5.32 Å². The van der Waals surface area contributed by atoms with Gasteiger partial charge >= 0.3 is 6.18 Å². The summed E-state index contributed by atoms with van der Waals surface area (Å²) in [5, 5.41) is 2.91. The minimum atomic E-state index is -4.41. The number of imidazole rings is 1. The molecule has 2 heterocycles. The van der Waals surface area contributed by atoms with Crippen LogP contribution in [0.1, 0.15) is 22.3 Å². The van der Waals surface area contributed by atoms with Crippen molar-refractivity contribution in [3.05, 3.63) is 53.6 Å². The molecular weight excluding hydrogens is 409 g/mol. The second-order valence-corrected chi connectivity index (χ2v) is 7.46. The highest BCUT2D eigenvalue weighted by atomic mass is 19.4. The fraction of sp³-hybridized carbons (Fsp3) is 0.364.